The third kappa shape index (κ3) is 3.94. The van der Waals surface area contributed by atoms with Crippen LogP contribution in [0.25, 0.3) is 21.5 Å². The van der Waals surface area contributed by atoms with Crippen molar-refractivity contribution in [1.82, 2.24) is 10.3 Å². The molecule has 0 unspecified atom stereocenters. The van der Waals surface area contributed by atoms with E-state index in [0.717, 1.165) is 42.6 Å². The van der Waals surface area contributed by atoms with E-state index in [9.17, 15) is 5.11 Å². The van der Waals surface area contributed by atoms with E-state index < -0.39 is 5.90 Å². The van der Waals surface area contributed by atoms with Crippen molar-refractivity contribution >= 4 is 50.6 Å². The van der Waals surface area contributed by atoms with Gasteiger partial charge in [-0.05, 0) is 43.5 Å². The average molecular weight is 455 g/mol. The molecule has 31 heavy (non-hydrogen) atoms. The summed E-state index contributed by atoms with van der Waals surface area (Å²) in [4.78, 5) is 11.3. The Bertz CT molecular complexity index is 1260. The fraction of sp³-hybridized carbons (Fsp3) is 0.238. The number of aliphatic imine (C=N–C) groups is 1. The zero-order valence-corrected chi connectivity index (χ0v) is 18.1. The number of nitrogens with zero attached hydrogens (tertiary/aromatic N) is 5. The minimum atomic E-state index is -0.476. The van der Waals surface area contributed by atoms with Crippen LogP contribution < -0.4 is 20.6 Å². The number of anilines is 1. The van der Waals surface area contributed by atoms with Crippen LogP contribution in [0.4, 0.5) is 11.6 Å². The Morgan fingerprint density at radius 3 is 2.71 bits per heavy atom. The Balaban J connectivity index is 1.44. The Morgan fingerprint density at radius 2 is 1.94 bits per heavy atom. The van der Waals surface area contributed by atoms with E-state index in [1.807, 2.05) is 36.4 Å². The molecule has 0 atom stereocenters. The first kappa shape index (κ1) is 19.8. The van der Waals surface area contributed by atoms with E-state index in [4.69, 9.17) is 21.9 Å². The van der Waals surface area contributed by atoms with Gasteiger partial charge in [0.15, 0.2) is 0 Å². The molecule has 1 fully saturated rings. The molecular weight excluding hydrogens is 436 g/mol. The van der Waals surface area contributed by atoms with Gasteiger partial charge < -0.3 is 10.8 Å². The summed E-state index contributed by atoms with van der Waals surface area (Å²) >= 11 is 7.18. The van der Waals surface area contributed by atoms with Crippen LogP contribution in [0, 0.1) is 0 Å². The van der Waals surface area contributed by atoms with Crippen molar-refractivity contribution in [3.8, 4) is 11.3 Å². The van der Waals surface area contributed by atoms with Gasteiger partial charge in [-0.3, -0.25) is 4.52 Å². The lowest BCUT2D eigenvalue weighted by Crippen LogP contribution is -2.60. The number of nitrogen functional groups attached to an aromatic ring is 1. The maximum atomic E-state index is 12.8. The molecule has 1 aromatic carbocycles. The summed E-state index contributed by atoms with van der Waals surface area (Å²) in [6.07, 6.45) is 5.04. The molecule has 1 aliphatic rings. The van der Waals surface area contributed by atoms with Gasteiger partial charge in [0.2, 0.25) is 5.27 Å². The van der Waals surface area contributed by atoms with Crippen LogP contribution in [0.5, 0.6) is 0 Å². The van der Waals surface area contributed by atoms with Crippen LogP contribution in [-0.2, 0) is 0 Å². The molecule has 0 spiro atoms. The first-order chi connectivity index (χ1) is 15.1. The number of thiophene rings is 1. The first-order valence-corrected chi connectivity index (χ1v) is 11.1. The zero-order chi connectivity index (χ0) is 21.4. The molecule has 1 saturated heterocycles. The van der Waals surface area contributed by atoms with Crippen LogP contribution in [0.15, 0.2) is 52.1 Å². The molecule has 10 heteroatoms. The fourth-order valence-corrected chi connectivity index (χ4v) is 4.69. The van der Waals surface area contributed by atoms with Gasteiger partial charge in [-0.15, -0.1) is 11.3 Å². The van der Waals surface area contributed by atoms with Gasteiger partial charge in [0.25, 0.3) is 6.20 Å². The van der Waals surface area contributed by atoms with Gasteiger partial charge in [0, 0.05) is 21.9 Å². The number of rotatable bonds is 4. The van der Waals surface area contributed by atoms with Crippen molar-refractivity contribution in [2.45, 2.75) is 19.3 Å². The standard InChI is InChI=1S/C21H19ClN6O2S/c22-14-6-4-13(5-7-14)16-9-8-15-18(23)19(31-21(15)24-16)20(29)25-17-12-28(26-30-17)27-10-2-1-3-11-27/h4-9,12H,1-3,10-11H2,(H2-,23,25,26,29). The van der Waals surface area contributed by atoms with Gasteiger partial charge >= 0.3 is 5.88 Å². The zero-order valence-electron chi connectivity index (χ0n) is 16.5. The lowest BCUT2D eigenvalue weighted by molar-refractivity contribution is -0.759. The number of aromatic nitrogens is 3. The second kappa shape index (κ2) is 8.16. The van der Waals surface area contributed by atoms with Crippen LogP contribution >= 0.6 is 22.9 Å². The number of fused-ring (bicyclic) bond motifs is 1. The second-order valence-electron chi connectivity index (χ2n) is 7.29. The summed E-state index contributed by atoms with van der Waals surface area (Å²) in [5.41, 5.74) is 8.31. The van der Waals surface area contributed by atoms with Crippen LogP contribution in [0.2, 0.25) is 5.02 Å². The van der Waals surface area contributed by atoms with Gasteiger partial charge in [-0.1, -0.05) is 23.7 Å². The average Bonchev–Trinajstić information content (AvgIpc) is 3.39. The topological polar surface area (TPSA) is 107 Å². The molecule has 1 aliphatic heterocycles. The fourth-order valence-electron chi connectivity index (χ4n) is 3.58. The number of benzene rings is 1. The van der Waals surface area contributed by atoms with Crippen molar-refractivity contribution in [1.29, 1.82) is 0 Å². The van der Waals surface area contributed by atoms with Crippen molar-refractivity contribution in [2.75, 3.05) is 23.8 Å². The molecule has 3 aromatic heterocycles. The van der Waals surface area contributed by atoms with Crippen molar-refractivity contribution < 1.29 is 14.4 Å². The Hall–Kier alpha value is -3.17. The van der Waals surface area contributed by atoms with E-state index in [-0.39, 0.29) is 5.88 Å². The maximum absolute atomic E-state index is 12.8. The number of hydrogen-bond acceptors (Lipinski definition) is 8. The highest BCUT2D eigenvalue weighted by molar-refractivity contribution is 7.21. The maximum Gasteiger partial charge on any atom is 0.324 e. The van der Waals surface area contributed by atoms with Crippen LogP contribution in [0.1, 0.15) is 24.1 Å². The third-order valence-corrected chi connectivity index (χ3v) is 6.56. The monoisotopic (exact) mass is 454 g/mol. The first-order valence-electron chi connectivity index (χ1n) is 9.93. The smallest absolute Gasteiger partial charge is 0.324 e. The quantitative estimate of drug-likeness (QED) is 0.288. The second-order valence-corrected chi connectivity index (χ2v) is 8.73. The Kier molecular flexibility index (Phi) is 5.21. The molecule has 0 radical (unpaired) electrons. The van der Waals surface area contributed by atoms with Gasteiger partial charge in [-0.2, -0.15) is 5.01 Å². The summed E-state index contributed by atoms with van der Waals surface area (Å²) in [5, 5.41) is 20.2. The number of halogens is 1. The predicted octanol–water partition coefficient (Wildman–Crippen LogP) is 3.03. The van der Waals surface area contributed by atoms with Crippen molar-refractivity contribution in [3.05, 3.63) is 52.5 Å². The molecule has 8 nitrogen and oxygen atoms in total. The highest BCUT2D eigenvalue weighted by Gasteiger charge is 2.22. The SMILES string of the molecule is Nc1c(/C([O-])=N/c2c[n+](N3CCCCC3)no2)sc2nc(-c3ccc(Cl)cc3)ccc12. The highest BCUT2D eigenvalue weighted by atomic mass is 35.5. The molecule has 158 valence electrons. The van der Waals surface area contributed by atoms with E-state index in [1.165, 1.54) is 17.8 Å². The van der Waals surface area contributed by atoms with Crippen LogP contribution in [-0.4, -0.2) is 29.2 Å². The summed E-state index contributed by atoms with van der Waals surface area (Å²) in [5.74, 6) is -0.335. The number of nitrogens with two attached hydrogens (primary N) is 1. The molecule has 0 bridgehead atoms. The van der Waals surface area contributed by atoms with Crippen molar-refractivity contribution in [3.63, 3.8) is 0 Å². The Labute approximate surface area is 187 Å². The molecule has 0 amide bonds. The molecule has 5 rings (SSSR count). The molecule has 0 saturated carbocycles. The molecular formula is C21H19ClN6O2S. The number of piperidine rings is 1. The normalized spacial score (nSPS) is 15.0. The molecule has 2 N–H and O–H groups in total. The third-order valence-electron chi connectivity index (χ3n) is 5.21. The highest BCUT2D eigenvalue weighted by Crippen LogP contribution is 2.34. The van der Waals surface area contributed by atoms with Gasteiger partial charge in [-0.25, -0.2) is 9.98 Å². The lowest BCUT2D eigenvalue weighted by Gasteiger charge is -2.17. The minimum absolute atomic E-state index is 0.141. The van der Waals surface area contributed by atoms with E-state index >= 15 is 0 Å². The number of hydrogen-bond donors (Lipinski definition) is 1. The molecule has 0 aliphatic carbocycles. The Morgan fingerprint density at radius 1 is 1.16 bits per heavy atom. The van der Waals surface area contributed by atoms with E-state index in [2.05, 4.69) is 20.3 Å². The lowest BCUT2D eigenvalue weighted by atomic mass is 10.1. The van der Waals surface area contributed by atoms with Gasteiger partial charge in [0.05, 0.1) is 34.1 Å². The number of pyridine rings is 1. The van der Waals surface area contributed by atoms with Crippen molar-refractivity contribution in [2.24, 2.45) is 4.99 Å². The minimum Gasteiger partial charge on any atom is -0.857 e. The van der Waals surface area contributed by atoms with Gasteiger partial charge in [0.1, 0.15) is 4.83 Å². The summed E-state index contributed by atoms with van der Waals surface area (Å²) in [6, 6.07) is 11.2. The molecule has 4 heterocycles. The summed E-state index contributed by atoms with van der Waals surface area (Å²) < 4.78 is 5.23. The largest absolute Gasteiger partial charge is 0.857 e. The van der Waals surface area contributed by atoms with Crippen LogP contribution in [0.3, 0.4) is 0 Å². The summed E-state index contributed by atoms with van der Waals surface area (Å²) in [6.45, 7) is 1.80. The molecule has 4 aromatic rings. The van der Waals surface area contributed by atoms with E-state index in [1.54, 1.807) is 11.0 Å². The summed E-state index contributed by atoms with van der Waals surface area (Å²) in [7, 11) is 0. The van der Waals surface area contributed by atoms with E-state index in [0.29, 0.717) is 20.4 Å². The predicted molar refractivity (Wildman–Crippen MR) is 119 cm³/mol.